The van der Waals surface area contributed by atoms with Crippen LogP contribution in [0.15, 0.2) is 34.7 Å². The van der Waals surface area contributed by atoms with Gasteiger partial charge in [-0.05, 0) is 37.6 Å². The molecule has 1 aliphatic heterocycles. The van der Waals surface area contributed by atoms with Crippen LogP contribution >= 0.6 is 0 Å². The molecular weight excluding hydrogens is 374 g/mol. The number of furan rings is 1. The molecule has 1 aliphatic rings. The lowest BCUT2D eigenvalue weighted by Crippen LogP contribution is -2.13. The number of pyridine rings is 1. The molecule has 0 spiro atoms. The van der Waals surface area contributed by atoms with E-state index in [0.29, 0.717) is 41.6 Å². The van der Waals surface area contributed by atoms with Crippen LogP contribution in [0.4, 0.5) is 5.95 Å². The molecule has 4 aromatic rings. The highest BCUT2D eigenvalue weighted by atomic mass is 16.5. The van der Waals surface area contributed by atoms with E-state index in [2.05, 4.69) is 25.3 Å². The molecule has 5 rings (SSSR count). The Morgan fingerprint density at radius 2 is 2.14 bits per heavy atom. The number of aromatic nitrogens is 6. The average molecular weight is 393 g/mol. The molecule has 0 saturated carbocycles. The molecule has 4 aromatic heterocycles. The van der Waals surface area contributed by atoms with E-state index in [4.69, 9.17) is 19.6 Å². The summed E-state index contributed by atoms with van der Waals surface area (Å²) in [6, 6.07) is 9.29. The second-order valence-electron chi connectivity index (χ2n) is 6.80. The summed E-state index contributed by atoms with van der Waals surface area (Å²) >= 11 is 0. The number of rotatable bonds is 5. The molecule has 0 aliphatic carbocycles. The van der Waals surface area contributed by atoms with Crippen LogP contribution in [0.1, 0.15) is 17.9 Å². The third-order valence-corrected chi connectivity index (χ3v) is 4.66. The normalized spacial score (nSPS) is 16.7. The molecular formula is C19H19N7O3. The van der Waals surface area contributed by atoms with Crippen LogP contribution in [-0.4, -0.2) is 49.3 Å². The molecule has 1 atom stereocenters. The minimum absolute atomic E-state index is 0.103. The highest BCUT2D eigenvalue weighted by Gasteiger charge is 2.20. The van der Waals surface area contributed by atoms with Gasteiger partial charge in [0.15, 0.2) is 22.7 Å². The van der Waals surface area contributed by atoms with Crippen molar-refractivity contribution >= 4 is 17.1 Å². The van der Waals surface area contributed by atoms with E-state index < -0.39 is 0 Å². The average Bonchev–Trinajstić information content (AvgIpc) is 3.47. The van der Waals surface area contributed by atoms with Crippen molar-refractivity contribution in [2.24, 2.45) is 0 Å². The van der Waals surface area contributed by atoms with Gasteiger partial charge in [-0.1, -0.05) is 11.3 Å². The van der Waals surface area contributed by atoms with E-state index in [1.807, 2.05) is 37.3 Å². The standard InChI is InChI=1S/C19H19N7O3/c1-11-5-6-14(29-11)16-17-18(23-19(20)22-16)26(25-24-17)15-4-2-3-12(21-15)9-28-13-7-8-27-10-13/h2-6,13H,7-10H2,1H3,(H2,20,22,23)/t13-/m0/s1. The van der Waals surface area contributed by atoms with E-state index in [1.54, 1.807) is 0 Å². The van der Waals surface area contributed by atoms with Gasteiger partial charge in [0.1, 0.15) is 11.5 Å². The summed E-state index contributed by atoms with van der Waals surface area (Å²) in [5.41, 5.74) is 8.15. The highest BCUT2D eigenvalue weighted by Crippen LogP contribution is 2.27. The van der Waals surface area contributed by atoms with Crippen LogP contribution in [0.3, 0.4) is 0 Å². The van der Waals surface area contributed by atoms with Crippen molar-refractivity contribution in [2.45, 2.75) is 26.1 Å². The number of anilines is 1. The first kappa shape index (κ1) is 17.7. The number of nitrogen functional groups attached to an aromatic ring is 1. The number of aryl methyl sites for hydroxylation is 1. The fourth-order valence-corrected chi connectivity index (χ4v) is 3.23. The lowest BCUT2D eigenvalue weighted by atomic mass is 10.3. The van der Waals surface area contributed by atoms with Gasteiger partial charge in [-0.3, -0.25) is 0 Å². The number of fused-ring (bicyclic) bond motifs is 1. The Hall–Kier alpha value is -3.37. The minimum Gasteiger partial charge on any atom is -0.460 e. The molecule has 0 bridgehead atoms. The van der Waals surface area contributed by atoms with Crippen molar-refractivity contribution in [3.8, 4) is 17.3 Å². The van der Waals surface area contributed by atoms with E-state index in [0.717, 1.165) is 24.5 Å². The van der Waals surface area contributed by atoms with E-state index in [9.17, 15) is 0 Å². The van der Waals surface area contributed by atoms with Crippen molar-refractivity contribution in [1.29, 1.82) is 0 Å². The predicted molar refractivity (Wildman–Crippen MR) is 103 cm³/mol. The van der Waals surface area contributed by atoms with Crippen LogP contribution < -0.4 is 5.73 Å². The van der Waals surface area contributed by atoms with Crippen molar-refractivity contribution in [1.82, 2.24) is 29.9 Å². The van der Waals surface area contributed by atoms with Gasteiger partial charge in [0.05, 0.1) is 25.0 Å². The van der Waals surface area contributed by atoms with Crippen molar-refractivity contribution in [3.05, 3.63) is 41.8 Å². The zero-order chi connectivity index (χ0) is 19.8. The summed E-state index contributed by atoms with van der Waals surface area (Å²) in [5.74, 6) is 1.99. The molecule has 0 aromatic carbocycles. The van der Waals surface area contributed by atoms with Gasteiger partial charge in [-0.15, -0.1) is 5.10 Å². The van der Waals surface area contributed by atoms with E-state index >= 15 is 0 Å². The van der Waals surface area contributed by atoms with Gasteiger partial charge in [-0.2, -0.15) is 9.67 Å². The van der Waals surface area contributed by atoms with Gasteiger partial charge in [-0.25, -0.2) is 9.97 Å². The summed E-state index contributed by atoms with van der Waals surface area (Å²) in [6.45, 7) is 3.61. The van der Waals surface area contributed by atoms with Gasteiger partial charge < -0.3 is 19.6 Å². The molecule has 10 heteroatoms. The van der Waals surface area contributed by atoms with Crippen LogP contribution in [0.25, 0.3) is 28.4 Å². The van der Waals surface area contributed by atoms with E-state index in [-0.39, 0.29) is 12.1 Å². The van der Waals surface area contributed by atoms with Gasteiger partial charge in [0.2, 0.25) is 5.95 Å². The summed E-state index contributed by atoms with van der Waals surface area (Å²) in [7, 11) is 0. The highest BCUT2D eigenvalue weighted by molar-refractivity contribution is 5.86. The van der Waals surface area contributed by atoms with E-state index in [1.165, 1.54) is 4.68 Å². The third-order valence-electron chi connectivity index (χ3n) is 4.66. The Balaban J connectivity index is 1.50. The fraction of sp³-hybridized carbons (Fsp3) is 0.316. The van der Waals surface area contributed by atoms with Gasteiger partial charge in [0, 0.05) is 6.61 Å². The van der Waals surface area contributed by atoms with Gasteiger partial charge >= 0.3 is 0 Å². The number of hydrogen-bond donors (Lipinski definition) is 1. The van der Waals surface area contributed by atoms with Crippen molar-refractivity contribution in [2.75, 3.05) is 18.9 Å². The number of nitrogens with zero attached hydrogens (tertiary/aromatic N) is 6. The Morgan fingerprint density at radius 3 is 2.93 bits per heavy atom. The summed E-state index contributed by atoms with van der Waals surface area (Å²) in [4.78, 5) is 13.2. The first-order valence-electron chi connectivity index (χ1n) is 9.29. The summed E-state index contributed by atoms with van der Waals surface area (Å²) in [5, 5.41) is 8.47. The second-order valence-corrected chi connectivity index (χ2v) is 6.80. The molecule has 2 N–H and O–H groups in total. The van der Waals surface area contributed by atoms with Crippen LogP contribution in [-0.2, 0) is 16.1 Å². The summed E-state index contributed by atoms with van der Waals surface area (Å²) in [6.07, 6.45) is 1.01. The quantitative estimate of drug-likeness (QED) is 0.542. The minimum atomic E-state index is 0.103. The molecule has 5 heterocycles. The maximum absolute atomic E-state index is 5.94. The SMILES string of the molecule is Cc1ccc(-c2nc(N)nc3c2nnn3-c2cccc(CO[C@H]3CCOC3)n2)o1. The largest absolute Gasteiger partial charge is 0.460 e. The fourth-order valence-electron chi connectivity index (χ4n) is 3.23. The molecule has 29 heavy (non-hydrogen) atoms. The van der Waals surface area contributed by atoms with Crippen LogP contribution in [0, 0.1) is 6.92 Å². The number of ether oxygens (including phenoxy) is 2. The maximum Gasteiger partial charge on any atom is 0.222 e. The molecule has 0 unspecified atom stereocenters. The summed E-state index contributed by atoms with van der Waals surface area (Å²) < 4.78 is 18.4. The van der Waals surface area contributed by atoms with Crippen molar-refractivity contribution < 1.29 is 13.9 Å². The first-order chi connectivity index (χ1) is 14.2. The van der Waals surface area contributed by atoms with Crippen LogP contribution in [0.5, 0.6) is 0 Å². The first-order valence-corrected chi connectivity index (χ1v) is 9.29. The third kappa shape index (κ3) is 3.43. The van der Waals surface area contributed by atoms with Gasteiger partial charge in [0.25, 0.3) is 0 Å². The number of hydrogen-bond acceptors (Lipinski definition) is 9. The number of nitrogens with two attached hydrogens (primary N) is 1. The molecule has 10 nitrogen and oxygen atoms in total. The Kier molecular flexibility index (Phi) is 4.41. The maximum atomic E-state index is 5.94. The lowest BCUT2D eigenvalue weighted by Gasteiger charge is -2.10. The zero-order valence-corrected chi connectivity index (χ0v) is 15.8. The Bertz CT molecular complexity index is 1160. The molecule has 0 amide bonds. The predicted octanol–water partition coefficient (Wildman–Crippen LogP) is 2.06. The van der Waals surface area contributed by atoms with Crippen LogP contribution in [0.2, 0.25) is 0 Å². The smallest absolute Gasteiger partial charge is 0.222 e. The topological polar surface area (TPSA) is 127 Å². The lowest BCUT2D eigenvalue weighted by molar-refractivity contribution is 0.0301. The van der Waals surface area contributed by atoms with Crippen molar-refractivity contribution in [3.63, 3.8) is 0 Å². The molecule has 0 radical (unpaired) electrons. The second kappa shape index (κ2) is 7.22. The molecule has 148 valence electrons. The monoisotopic (exact) mass is 393 g/mol. The Labute approximate surface area is 165 Å². The molecule has 1 saturated heterocycles. The Morgan fingerprint density at radius 1 is 1.21 bits per heavy atom. The molecule has 1 fully saturated rings. The zero-order valence-electron chi connectivity index (χ0n) is 15.8.